The largest absolute Gasteiger partial charge is 0.308 e. The minimum Gasteiger partial charge on any atom is -0.308 e. The molecule has 0 spiro atoms. The molecule has 0 saturated heterocycles. The molecule has 0 aliphatic rings. The van der Waals surface area contributed by atoms with Crippen molar-refractivity contribution < 1.29 is 8.78 Å². The van der Waals surface area contributed by atoms with Crippen molar-refractivity contribution in [2.24, 2.45) is 0 Å². The fraction of sp³-hybridized carbons (Fsp3) is 0.333. The number of aromatic nitrogens is 3. The molecule has 6 heteroatoms. The molecule has 0 aliphatic carbocycles. The van der Waals surface area contributed by atoms with Crippen molar-refractivity contribution >= 4 is 0 Å². The summed E-state index contributed by atoms with van der Waals surface area (Å²) in [5.74, 6) is -0.839. The molecule has 18 heavy (non-hydrogen) atoms. The predicted octanol–water partition coefficient (Wildman–Crippen LogP) is 1.73. The van der Waals surface area contributed by atoms with Crippen LogP contribution < -0.4 is 5.32 Å². The lowest BCUT2D eigenvalue weighted by atomic mass is 10.2. The van der Waals surface area contributed by atoms with E-state index in [2.05, 4.69) is 15.4 Å². The molecule has 96 valence electrons. The summed E-state index contributed by atoms with van der Waals surface area (Å²) >= 11 is 0. The smallest absolute Gasteiger partial charge is 0.137 e. The minimum atomic E-state index is -0.433. The van der Waals surface area contributed by atoms with Crippen molar-refractivity contribution in [1.82, 2.24) is 20.1 Å². The number of benzene rings is 1. The first-order chi connectivity index (χ1) is 8.65. The summed E-state index contributed by atoms with van der Waals surface area (Å²) in [6.45, 7) is 2.84. The fourth-order valence-electron chi connectivity index (χ4n) is 1.64. The van der Waals surface area contributed by atoms with Gasteiger partial charge in [-0.3, -0.25) is 4.68 Å². The second-order valence-corrected chi connectivity index (χ2v) is 4.14. The van der Waals surface area contributed by atoms with Crippen LogP contribution >= 0.6 is 0 Å². The molecule has 0 aliphatic heterocycles. The zero-order valence-corrected chi connectivity index (χ0v) is 9.98. The van der Waals surface area contributed by atoms with Gasteiger partial charge in [-0.15, -0.1) is 0 Å². The van der Waals surface area contributed by atoms with E-state index in [1.165, 1.54) is 12.4 Å². The maximum atomic E-state index is 13.4. The Bertz CT molecular complexity index is 499. The monoisotopic (exact) mass is 252 g/mol. The van der Waals surface area contributed by atoms with Gasteiger partial charge in [-0.2, -0.15) is 5.10 Å². The molecular weight excluding hydrogens is 238 g/mol. The number of halogens is 2. The van der Waals surface area contributed by atoms with Crippen molar-refractivity contribution in [2.45, 2.75) is 26.1 Å². The zero-order valence-electron chi connectivity index (χ0n) is 9.98. The molecule has 2 aromatic rings. The van der Waals surface area contributed by atoms with E-state index in [4.69, 9.17) is 0 Å². The van der Waals surface area contributed by atoms with Crippen LogP contribution in [-0.4, -0.2) is 20.8 Å². The number of nitrogens with one attached hydrogen (secondary N) is 1. The second-order valence-electron chi connectivity index (χ2n) is 4.14. The molecule has 4 nitrogen and oxygen atoms in total. The molecule has 1 N–H and O–H groups in total. The molecule has 0 radical (unpaired) electrons. The van der Waals surface area contributed by atoms with Crippen LogP contribution in [0.4, 0.5) is 8.78 Å². The van der Waals surface area contributed by atoms with Gasteiger partial charge in [0.1, 0.15) is 24.3 Å². The first-order valence-corrected chi connectivity index (χ1v) is 5.65. The number of nitrogens with zero attached hydrogens (tertiary/aromatic N) is 3. The standard InChI is InChI=1S/C12H14F2N4/c1-9(6-18-8-15-7-17-18)16-5-10-4-11(13)2-3-12(10)14/h2-4,7-9,16H,5-6H2,1H3. The Hall–Kier alpha value is -1.82. The van der Waals surface area contributed by atoms with E-state index >= 15 is 0 Å². The molecule has 0 fully saturated rings. The normalized spacial score (nSPS) is 12.6. The van der Waals surface area contributed by atoms with Gasteiger partial charge in [0.2, 0.25) is 0 Å². The molecule has 0 amide bonds. The number of hydrogen-bond donors (Lipinski definition) is 1. The van der Waals surface area contributed by atoms with Gasteiger partial charge in [0.15, 0.2) is 0 Å². The fourth-order valence-corrected chi connectivity index (χ4v) is 1.64. The van der Waals surface area contributed by atoms with E-state index in [1.54, 1.807) is 11.0 Å². The number of hydrogen-bond acceptors (Lipinski definition) is 3. The molecule has 1 atom stereocenters. The van der Waals surface area contributed by atoms with Gasteiger partial charge in [0.05, 0.1) is 6.54 Å². The highest BCUT2D eigenvalue weighted by Crippen LogP contribution is 2.09. The Balaban J connectivity index is 1.89. The summed E-state index contributed by atoms with van der Waals surface area (Å²) in [5.41, 5.74) is 0.320. The summed E-state index contributed by atoms with van der Waals surface area (Å²) < 4.78 is 28.0. The second kappa shape index (κ2) is 5.68. The van der Waals surface area contributed by atoms with Gasteiger partial charge in [0, 0.05) is 18.2 Å². The quantitative estimate of drug-likeness (QED) is 0.881. The van der Waals surface area contributed by atoms with E-state index < -0.39 is 11.6 Å². The first kappa shape index (κ1) is 12.6. The lowest BCUT2D eigenvalue weighted by Crippen LogP contribution is -2.30. The third-order valence-electron chi connectivity index (χ3n) is 2.58. The van der Waals surface area contributed by atoms with Crippen LogP contribution in [0.3, 0.4) is 0 Å². The van der Waals surface area contributed by atoms with Crippen molar-refractivity contribution in [3.05, 3.63) is 48.1 Å². The first-order valence-electron chi connectivity index (χ1n) is 5.65. The average molecular weight is 252 g/mol. The van der Waals surface area contributed by atoms with Crippen LogP contribution in [0.15, 0.2) is 30.9 Å². The van der Waals surface area contributed by atoms with Gasteiger partial charge in [-0.25, -0.2) is 13.8 Å². The Morgan fingerprint density at radius 1 is 1.39 bits per heavy atom. The highest BCUT2D eigenvalue weighted by molar-refractivity contribution is 5.18. The van der Waals surface area contributed by atoms with Crippen LogP contribution in [0.5, 0.6) is 0 Å². The van der Waals surface area contributed by atoms with Gasteiger partial charge < -0.3 is 5.32 Å². The molecule has 1 heterocycles. The lowest BCUT2D eigenvalue weighted by Gasteiger charge is -2.13. The summed E-state index contributed by atoms with van der Waals surface area (Å²) in [6.07, 6.45) is 3.07. The average Bonchev–Trinajstić information content (AvgIpc) is 2.83. The van der Waals surface area contributed by atoms with Gasteiger partial charge in [-0.05, 0) is 25.1 Å². The third kappa shape index (κ3) is 3.33. The zero-order chi connectivity index (χ0) is 13.0. The topological polar surface area (TPSA) is 42.7 Å². The van der Waals surface area contributed by atoms with Crippen LogP contribution in [-0.2, 0) is 13.1 Å². The molecule has 1 unspecified atom stereocenters. The molecular formula is C12H14F2N4. The maximum Gasteiger partial charge on any atom is 0.137 e. The summed E-state index contributed by atoms with van der Waals surface area (Å²) in [6, 6.07) is 3.52. The SMILES string of the molecule is CC(Cn1cncn1)NCc1cc(F)ccc1F. The molecule has 1 aromatic carbocycles. The van der Waals surface area contributed by atoms with E-state index in [1.807, 2.05) is 6.92 Å². The van der Waals surface area contributed by atoms with Gasteiger partial charge >= 0.3 is 0 Å². The van der Waals surface area contributed by atoms with E-state index in [-0.39, 0.29) is 12.6 Å². The molecule has 0 saturated carbocycles. The van der Waals surface area contributed by atoms with E-state index in [0.29, 0.717) is 12.1 Å². The Labute approximate surface area is 104 Å². The van der Waals surface area contributed by atoms with E-state index in [0.717, 1.165) is 12.1 Å². The third-order valence-corrected chi connectivity index (χ3v) is 2.58. The van der Waals surface area contributed by atoms with Crippen LogP contribution in [0.2, 0.25) is 0 Å². The summed E-state index contributed by atoms with van der Waals surface area (Å²) in [5, 5.41) is 7.08. The van der Waals surface area contributed by atoms with Crippen molar-refractivity contribution in [1.29, 1.82) is 0 Å². The highest BCUT2D eigenvalue weighted by Gasteiger charge is 2.07. The summed E-state index contributed by atoms with van der Waals surface area (Å²) in [4.78, 5) is 3.83. The van der Waals surface area contributed by atoms with Crippen molar-refractivity contribution in [2.75, 3.05) is 0 Å². The molecule has 0 bridgehead atoms. The van der Waals surface area contributed by atoms with Crippen molar-refractivity contribution in [3.63, 3.8) is 0 Å². The van der Waals surface area contributed by atoms with Crippen LogP contribution in [0, 0.1) is 11.6 Å². The van der Waals surface area contributed by atoms with E-state index in [9.17, 15) is 8.78 Å². The van der Waals surface area contributed by atoms with Crippen molar-refractivity contribution in [3.8, 4) is 0 Å². The van der Waals surface area contributed by atoms with Gasteiger partial charge in [0.25, 0.3) is 0 Å². The predicted molar refractivity (Wildman–Crippen MR) is 62.7 cm³/mol. The molecule has 2 rings (SSSR count). The Morgan fingerprint density at radius 2 is 2.22 bits per heavy atom. The molecule has 1 aromatic heterocycles. The van der Waals surface area contributed by atoms with Gasteiger partial charge in [-0.1, -0.05) is 0 Å². The lowest BCUT2D eigenvalue weighted by molar-refractivity contribution is 0.444. The maximum absolute atomic E-state index is 13.4. The highest BCUT2D eigenvalue weighted by atomic mass is 19.1. The van der Waals surface area contributed by atoms with Crippen LogP contribution in [0.1, 0.15) is 12.5 Å². The minimum absolute atomic E-state index is 0.0781. The van der Waals surface area contributed by atoms with Crippen LogP contribution in [0.25, 0.3) is 0 Å². The Kier molecular flexibility index (Phi) is 3.99. The summed E-state index contributed by atoms with van der Waals surface area (Å²) in [7, 11) is 0. The number of rotatable bonds is 5. The Morgan fingerprint density at radius 3 is 2.94 bits per heavy atom.